The first kappa shape index (κ1) is 12.6. The van der Waals surface area contributed by atoms with Gasteiger partial charge < -0.3 is 5.11 Å². The second-order valence-electron chi connectivity index (χ2n) is 3.87. The number of nitrogens with zero attached hydrogens (tertiary/aromatic N) is 2. The Hall–Kier alpha value is -1.42. The van der Waals surface area contributed by atoms with Crippen LogP contribution in [0.25, 0.3) is 0 Å². The molecule has 1 atom stereocenters. The topological polar surface area (TPSA) is 53.4 Å². The van der Waals surface area contributed by atoms with Crippen LogP contribution in [-0.2, 0) is 11.3 Å². The molecule has 1 heterocycles. The Morgan fingerprint density at radius 3 is 2.88 bits per heavy atom. The molecule has 0 aliphatic heterocycles. The van der Waals surface area contributed by atoms with E-state index in [1.165, 1.54) is 0 Å². The summed E-state index contributed by atoms with van der Waals surface area (Å²) in [5.74, 6) is -0.753. The number of carbonyl (C=O) groups is 1. The Balaban J connectivity index is 2.58. The number of hydrogen-bond donors (Lipinski definition) is 1. The smallest absolute Gasteiger partial charge is 0.304 e. The van der Waals surface area contributed by atoms with Crippen LogP contribution in [0.15, 0.2) is 24.5 Å². The Morgan fingerprint density at radius 1 is 1.62 bits per heavy atom. The molecular formula is C12H18N2O2. The summed E-state index contributed by atoms with van der Waals surface area (Å²) in [7, 11) is 0. The van der Waals surface area contributed by atoms with Crippen LogP contribution in [0.3, 0.4) is 0 Å². The minimum absolute atomic E-state index is 0.0442. The summed E-state index contributed by atoms with van der Waals surface area (Å²) in [6.07, 6.45) is 3.73. The van der Waals surface area contributed by atoms with E-state index in [1.807, 2.05) is 32.2 Å². The van der Waals surface area contributed by atoms with Gasteiger partial charge in [0.25, 0.3) is 0 Å². The van der Waals surface area contributed by atoms with Crippen molar-refractivity contribution in [2.24, 2.45) is 0 Å². The molecule has 0 aromatic carbocycles. The molecule has 4 nitrogen and oxygen atoms in total. The molecule has 1 rings (SSSR count). The molecular weight excluding hydrogens is 204 g/mol. The third-order valence-corrected chi connectivity index (χ3v) is 2.61. The summed E-state index contributed by atoms with van der Waals surface area (Å²) >= 11 is 0. The van der Waals surface area contributed by atoms with E-state index in [0.717, 1.165) is 18.7 Å². The van der Waals surface area contributed by atoms with E-state index in [2.05, 4.69) is 9.88 Å². The average molecular weight is 222 g/mol. The lowest BCUT2D eigenvalue weighted by molar-refractivity contribution is -0.138. The number of hydrogen-bond acceptors (Lipinski definition) is 3. The van der Waals surface area contributed by atoms with E-state index >= 15 is 0 Å². The monoisotopic (exact) mass is 222 g/mol. The highest BCUT2D eigenvalue weighted by Gasteiger charge is 2.15. The highest BCUT2D eigenvalue weighted by Crippen LogP contribution is 2.09. The van der Waals surface area contributed by atoms with Gasteiger partial charge in [-0.15, -0.1) is 0 Å². The van der Waals surface area contributed by atoms with Crippen molar-refractivity contribution < 1.29 is 9.90 Å². The Bertz CT molecular complexity index is 327. The molecule has 0 amide bonds. The quantitative estimate of drug-likeness (QED) is 0.797. The van der Waals surface area contributed by atoms with Crippen LogP contribution in [0.2, 0.25) is 0 Å². The fourth-order valence-electron chi connectivity index (χ4n) is 1.69. The van der Waals surface area contributed by atoms with Gasteiger partial charge in [-0.25, -0.2) is 0 Å². The Kier molecular flexibility index (Phi) is 4.92. The summed E-state index contributed by atoms with van der Waals surface area (Å²) in [5, 5.41) is 8.76. The summed E-state index contributed by atoms with van der Waals surface area (Å²) in [6.45, 7) is 5.56. The fraction of sp³-hybridized carbons (Fsp3) is 0.500. The zero-order valence-corrected chi connectivity index (χ0v) is 9.76. The van der Waals surface area contributed by atoms with Gasteiger partial charge in [-0.3, -0.25) is 14.7 Å². The fourth-order valence-corrected chi connectivity index (χ4v) is 1.69. The number of carboxylic acids is 1. The lowest BCUT2D eigenvalue weighted by Crippen LogP contribution is -2.34. The van der Waals surface area contributed by atoms with E-state index in [1.54, 1.807) is 6.20 Å². The molecule has 0 saturated heterocycles. The van der Waals surface area contributed by atoms with Crippen LogP contribution in [-0.4, -0.2) is 33.5 Å². The predicted octanol–water partition coefficient (Wildman–Crippen LogP) is 1.77. The van der Waals surface area contributed by atoms with Gasteiger partial charge in [-0.2, -0.15) is 0 Å². The second-order valence-corrected chi connectivity index (χ2v) is 3.87. The standard InChI is InChI=1S/C12H18N2O2/c1-3-14(10(2)7-12(15)16)9-11-5-4-6-13-8-11/h4-6,8,10H,3,7,9H2,1-2H3,(H,15,16). The molecule has 4 heteroatoms. The summed E-state index contributed by atoms with van der Waals surface area (Å²) in [6, 6.07) is 3.94. The third kappa shape index (κ3) is 3.98. The maximum atomic E-state index is 10.6. The SMILES string of the molecule is CCN(Cc1cccnc1)C(C)CC(=O)O. The zero-order valence-electron chi connectivity index (χ0n) is 9.76. The van der Waals surface area contributed by atoms with Crippen LogP contribution in [0.5, 0.6) is 0 Å². The summed E-state index contributed by atoms with van der Waals surface area (Å²) < 4.78 is 0. The first-order chi connectivity index (χ1) is 7.63. The first-order valence-electron chi connectivity index (χ1n) is 5.48. The average Bonchev–Trinajstić information content (AvgIpc) is 2.26. The lowest BCUT2D eigenvalue weighted by atomic mass is 10.1. The normalized spacial score (nSPS) is 12.7. The maximum Gasteiger partial charge on any atom is 0.304 e. The van der Waals surface area contributed by atoms with Crippen LogP contribution in [0.1, 0.15) is 25.8 Å². The van der Waals surface area contributed by atoms with Gasteiger partial charge in [-0.1, -0.05) is 13.0 Å². The molecule has 1 aromatic rings. The van der Waals surface area contributed by atoms with Crippen molar-refractivity contribution in [3.8, 4) is 0 Å². The van der Waals surface area contributed by atoms with Crippen molar-refractivity contribution in [1.82, 2.24) is 9.88 Å². The molecule has 0 radical (unpaired) electrons. The maximum absolute atomic E-state index is 10.6. The van der Waals surface area contributed by atoms with Crippen molar-refractivity contribution in [3.05, 3.63) is 30.1 Å². The molecule has 0 aliphatic rings. The van der Waals surface area contributed by atoms with Crippen molar-refractivity contribution >= 4 is 5.97 Å². The molecule has 0 bridgehead atoms. The minimum atomic E-state index is -0.753. The van der Waals surface area contributed by atoms with E-state index in [9.17, 15) is 4.79 Å². The van der Waals surface area contributed by atoms with Crippen LogP contribution >= 0.6 is 0 Å². The zero-order chi connectivity index (χ0) is 12.0. The molecule has 1 unspecified atom stereocenters. The van der Waals surface area contributed by atoms with Gasteiger partial charge >= 0.3 is 5.97 Å². The minimum Gasteiger partial charge on any atom is -0.481 e. The van der Waals surface area contributed by atoms with E-state index in [4.69, 9.17) is 5.11 Å². The van der Waals surface area contributed by atoms with Gasteiger partial charge in [-0.05, 0) is 25.1 Å². The number of carboxylic acid groups (broad SMARTS) is 1. The highest BCUT2D eigenvalue weighted by molar-refractivity contribution is 5.67. The number of rotatable bonds is 6. The summed E-state index contributed by atoms with van der Waals surface area (Å²) in [4.78, 5) is 16.8. The highest BCUT2D eigenvalue weighted by atomic mass is 16.4. The molecule has 1 aromatic heterocycles. The molecule has 16 heavy (non-hydrogen) atoms. The van der Waals surface area contributed by atoms with Gasteiger partial charge in [0.2, 0.25) is 0 Å². The van der Waals surface area contributed by atoms with Gasteiger partial charge in [0.1, 0.15) is 0 Å². The second kappa shape index (κ2) is 6.23. The van der Waals surface area contributed by atoms with E-state index < -0.39 is 5.97 Å². The Labute approximate surface area is 95.9 Å². The van der Waals surface area contributed by atoms with Gasteiger partial charge in [0.15, 0.2) is 0 Å². The molecule has 0 spiro atoms. The molecule has 0 saturated carbocycles. The Morgan fingerprint density at radius 2 is 2.38 bits per heavy atom. The first-order valence-corrected chi connectivity index (χ1v) is 5.48. The van der Waals surface area contributed by atoms with Crippen LogP contribution in [0.4, 0.5) is 0 Å². The van der Waals surface area contributed by atoms with Crippen molar-refractivity contribution in [2.75, 3.05) is 6.54 Å². The predicted molar refractivity (Wildman–Crippen MR) is 62.0 cm³/mol. The van der Waals surface area contributed by atoms with Crippen molar-refractivity contribution in [2.45, 2.75) is 32.9 Å². The molecule has 0 fully saturated rings. The van der Waals surface area contributed by atoms with Crippen molar-refractivity contribution in [3.63, 3.8) is 0 Å². The van der Waals surface area contributed by atoms with Crippen LogP contribution in [0, 0.1) is 0 Å². The number of aromatic nitrogens is 1. The van der Waals surface area contributed by atoms with Gasteiger partial charge in [0, 0.05) is 25.0 Å². The molecule has 0 aliphatic carbocycles. The largest absolute Gasteiger partial charge is 0.481 e. The van der Waals surface area contributed by atoms with E-state index in [-0.39, 0.29) is 12.5 Å². The molecule has 88 valence electrons. The van der Waals surface area contributed by atoms with E-state index in [0.29, 0.717) is 0 Å². The van der Waals surface area contributed by atoms with Crippen molar-refractivity contribution in [1.29, 1.82) is 0 Å². The lowest BCUT2D eigenvalue weighted by Gasteiger charge is -2.26. The molecule has 1 N–H and O–H groups in total. The third-order valence-electron chi connectivity index (χ3n) is 2.61. The van der Waals surface area contributed by atoms with Gasteiger partial charge in [0.05, 0.1) is 6.42 Å². The summed E-state index contributed by atoms with van der Waals surface area (Å²) in [5.41, 5.74) is 1.11. The van der Waals surface area contributed by atoms with Crippen LogP contribution < -0.4 is 0 Å². The number of pyridine rings is 1. The number of aliphatic carboxylic acids is 1.